The van der Waals surface area contributed by atoms with Crippen LogP contribution in [-0.2, 0) is 4.79 Å². The summed E-state index contributed by atoms with van der Waals surface area (Å²) in [6, 6.07) is 10.1. The summed E-state index contributed by atoms with van der Waals surface area (Å²) < 4.78 is 0. The Kier molecular flexibility index (Phi) is 3.63. The van der Waals surface area contributed by atoms with Gasteiger partial charge >= 0.3 is 0 Å². The van der Waals surface area contributed by atoms with Crippen LogP contribution >= 0.6 is 24.0 Å². The Balaban J connectivity index is 1.87. The van der Waals surface area contributed by atoms with E-state index in [0.717, 1.165) is 10.5 Å². The SMILES string of the molecule is C=CCN1C(=O)C2C=C(c3ccccc3)SC2NC1=S. The van der Waals surface area contributed by atoms with Gasteiger partial charge in [-0.1, -0.05) is 54.2 Å². The highest BCUT2D eigenvalue weighted by Crippen LogP contribution is 2.43. The fourth-order valence-corrected chi connectivity index (χ4v) is 4.02. The van der Waals surface area contributed by atoms with Gasteiger partial charge in [0.1, 0.15) is 0 Å². The standard InChI is InChI=1S/C15H14N2OS2/c1-2-8-17-14(18)11-9-12(10-6-4-3-5-7-10)20-13(11)16-15(17)19/h2-7,9,11,13H,1,8H2,(H,16,19). The van der Waals surface area contributed by atoms with E-state index < -0.39 is 0 Å². The topological polar surface area (TPSA) is 32.3 Å². The highest BCUT2D eigenvalue weighted by molar-refractivity contribution is 8.09. The minimum Gasteiger partial charge on any atom is -0.349 e. The minimum atomic E-state index is -0.165. The lowest BCUT2D eigenvalue weighted by molar-refractivity contribution is -0.130. The van der Waals surface area contributed by atoms with Crippen LogP contribution in [0.4, 0.5) is 0 Å². The van der Waals surface area contributed by atoms with Crippen LogP contribution in [0, 0.1) is 5.92 Å². The first-order chi connectivity index (χ1) is 9.70. The van der Waals surface area contributed by atoms with Crippen molar-refractivity contribution < 1.29 is 4.79 Å². The lowest BCUT2D eigenvalue weighted by Crippen LogP contribution is -2.57. The largest absolute Gasteiger partial charge is 0.349 e. The average Bonchev–Trinajstić information content (AvgIpc) is 2.88. The molecule has 2 aliphatic heterocycles. The predicted octanol–water partition coefficient (Wildman–Crippen LogP) is 2.62. The number of carbonyl (C=O) groups is 1. The Hall–Kier alpha value is -1.59. The molecular weight excluding hydrogens is 288 g/mol. The summed E-state index contributed by atoms with van der Waals surface area (Å²) in [6.45, 7) is 4.12. The molecular formula is C15H14N2OS2. The Bertz CT molecular complexity index is 597. The number of nitrogens with zero attached hydrogens (tertiary/aromatic N) is 1. The molecule has 1 N–H and O–H groups in total. The molecule has 0 bridgehead atoms. The van der Waals surface area contributed by atoms with Gasteiger partial charge in [-0.2, -0.15) is 0 Å². The number of hydrogen-bond acceptors (Lipinski definition) is 3. The van der Waals surface area contributed by atoms with Gasteiger partial charge in [-0.15, -0.1) is 6.58 Å². The summed E-state index contributed by atoms with van der Waals surface area (Å²) in [7, 11) is 0. The second kappa shape index (κ2) is 5.42. The molecule has 3 nitrogen and oxygen atoms in total. The van der Waals surface area contributed by atoms with Crippen LogP contribution < -0.4 is 5.32 Å². The second-order valence-electron chi connectivity index (χ2n) is 4.65. The van der Waals surface area contributed by atoms with Crippen molar-refractivity contribution in [2.45, 2.75) is 5.37 Å². The second-order valence-corrected chi connectivity index (χ2v) is 6.22. The molecule has 2 heterocycles. The van der Waals surface area contributed by atoms with E-state index in [-0.39, 0.29) is 17.2 Å². The highest BCUT2D eigenvalue weighted by atomic mass is 32.2. The van der Waals surface area contributed by atoms with Crippen LogP contribution in [0.1, 0.15) is 5.56 Å². The Labute approximate surface area is 127 Å². The molecule has 1 amide bonds. The van der Waals surface area contributed by atoms with Gasteiger partial charge in [0, 0.05) is 11.4 Å². The van der Waals surface area contributed by atoms with Crippen LogP contribution in [0.3, 0.4) is 0 Å². The number of benzene rings is 1. The third-order valence-corrected chi connectivity index (χ3v) is 4.97. The lowest BCUT2D eigenvalue weighted by Gasteiger charge is -2.34. The quantitative estimate of drug-likeness (QED) is 0.687. The molecule has 2 atom stereocenters. The first kappa shape index (κ1) is 13.4. The van der Waals surface area contributed by atoms with Crippen molar-refractivity contribution in [1.82, 2.24) is 10.2 Å². The van der Waals surface area contributed by atoms with E-state index in [2.05, 4.69) is 24.0 Å². The molecule has 1 aromatic rings. The zero-order valence-corrected chi connectivity index (χ0v) is 12.4. The van der Waals surface area contributed by atoms with Gasteiger partial charge in [0.25, 0.3) is 0 Å². The molecule has 0 radical (unpaired) electrons. The number of rotatable bonds is 3. The zero-order chi connectivity index (χ0) is 14.1. The Morgan fingerprint density at radius 3 is 2.85 bits per heavy atom. The van der Waals surface area contributed by atoms with E-state index in [1.807, 2.05) is 24.3 Å². The maximum absolute atomic E-state index is 12.5. The van der Waals surface area contributed by atoms with Gasteiger partial charge < -0.3 is 5.32 Å². The lowest BCUT2D eigenvalue weighted by atomic mass is 10.0. The van der Waals surface area contributed by atoms with E-state index in [4.69, 9.17) is 12.2 Å². The van der Waals surface area contributed by atoms with E-state index in [0.29, 0.717) is 11.7 Å². The van der Waals surface area contributed by atoms with E-state index in [1.165, 1.54) is 0 Å². The summed E-state index contributed by atoms with van der Waals surface area (Å²) in [6.07, 6.45) is 3.73. The Morgan fingerprint density at radius 2 is 2.15 bits per heavy atom. The van der Waals surface area contributed by atoms with Crippen LogP contribution in [-0.4, -0.2) is 27.8 Å². The first-order valence-electron chi connectivity index (χ1n) is 6.37. The van der Waals surface area contributed by atoms with E-state index in [1.54, 1.807) is 22.7 Å². The van der Waals surface area contributed by atoms with Gasteiger partial charge in [-0.05, 0) is 17.8 Å². The number of thiocarbonyl (C=S) groups is 1. The van der Waals surface area contributed by atoms with Gasteiger partial charge in [0.15, 0.2) is 5.11 Å². The molecule has 5 heteroatoms. The smallest absolute Gasteiger partial charge is 0.238 e. The minimum absolute atomic E-state index is 0.00581. The summed E-state index contributed by atoms with van der Waals surface area (Å²) in [4.78, 5) is 15.2. The van der Waals surface area contributed by atoms with Crippen molar-refractivity contribution >= 4 is 39.9 Å². The third-order valence-electron chi connectivity index (χ3n) is 3.34. The molecule has 3 rings (SSSR count). The maximum atomic E-state index is 12.5. The van der Waals surface area contributed by atoms with Gasteiger partial charge in [-0.3, -0.25) is 9.69 Å². The summed E-state index contributed by atoms with van der Waals surface area (Å²) in [5.74, 6) is -0.112. The predicted molar refractivity (Wildman–Crippen MR) is 86.9 cm³/mol. The number of thioether (sulfide) groups is 1. The molecule has 0 aromatic heterocycles. The van der Waals surface area contributed by atoms with Crippen LogP contribution in [0.2, 0.25) is 0 Å². The number of amides is 1. The van der Waals surface area contributed by atoms with Crippen molar-refractivity contribution in [2.24, 2.45) is 5.92 Å². The third kappa shape index (κ3) is 2.27. The molecule has 2 unspecified atom stereocenters. The first-order valence-corrected chi connectivity index (χ1v) is 7.66. The van der Waals surface area contributed by atoms with Crippen molar-refractivity contribution in [3.05, 3.63) is 54.6 Å². The number of carbonyl (C=O) groups excluding carboxylic acids is 1. The monoisotopic (exact) mass is 302 g/mol. The molecule has 0 spiro atoms. The van der Waals surface area contributed by atoms with Gasteiger partial charge in [-0.25, -0.2) is 0 Å². The number of fused-ring (bicyclic) bond motifs is 1. The Morgan fingerprint density at radius 1 is 1.40 bits per heavy atom. The molecule has 1 saturated heterocycles. The average molecular weight is 302 g/mol. The molecule has 1 aromatic carbocycles. The fraction of sp³-hybridized carbons (Fsp3) is 0.200. The summed E-state index contributed by atoms with van der Waals surface area (Å²) in [5, 5.41) is 3.74. The zero-order valence-electron chi connectivity index (χ0n) is 10.8. The van der Waals surface area contributed by atoms with Crippen molar-refractivity contribution in [3.8, 4) is 0 Å². The molecule has 102 valence electrons. The molecule has 20 heavy (non-hydrogen) atoms. The van der Waals surface area contributed by atoms with Crippen LogP contribution in [0.25, 0.3) is 4.91 Å². The molecule has 2 aliphatic rings. The van der Waals surface area contributed by atoms with Crippen molar-refractivity contribution in [1.29, 1.82) is 0 Å². The van der Waals surface area contributed by atoms with Crippen LogP contribution in [0.5, 0.6) is 0 Å². The maximum Gasteiger partial charge on any atom is 0.238 e. The number of hydrogen-bond donors (Lipinski definition) is 1. The summed E-state index contributed by atoms with van der Waals surface area (Å²) in [5.41, 5.74) is 1.14. The van der Waals surface area contributed by atoms with E-state index >= 15 is 0 Å². The highest BCUT2D eigenvalue weighted by Gasteiger charge is 2.42. The fourth-order valence-electron chi connectivity index (χ4n) is 2.37. The molecule has 0 aliphatic carbocycles. The van der Waals surface area contributed by atoms with Crippen LogP contribution in [0.15, 0.2) is 49.1 Å². The van der Waals surface area contributed by atoms with Crippen molar-refractivity contribution in [3.63, 3.8) is 0 Å². The summed E-state index contributed by atoms with van der Waals surface area (Å²) >= 11 is 6.92. The van der Waals surface area contributed by atoms with Gasteiger partial charge in [0.2, 0.25) is 5.91 Å². The van der Waals surface area contributed by atoms with E-state index in [9.17, 15) is 4.79 Å². The molecule has 0 saturated carbocycles. The van der Waals surface area contributed by atoms with Gasteiger partial charge in [0.05, 0.1) is 11.3 Å². The van der Waals surface area contributed by atoms with Crippen molar-refractivity contribution in [2.75, 3.05) is 6.54 Å². The number of nitrogens with one attached hydrogen (secondary N) is 1. The molecule has 1 fully saturated rings. The normalized spacial score (nSPS) is 25.0.